The minimum absolute atomic E-state index is 0.0446. The molecule has 4 heteroatoms. The molecule has 1 aromatic carbocycles. The fourth-order valence-corrected chi connectivity index (χ4v) is 2.31. The van der Waals surface area contributed by atoms with Gasteiger partial charge in [-0.05, 0) is 31.9 Å². The van der Waals surface area contributed by atoms with E-state index in [9.17, 15) is 4.79 Å². The Balaban J connectivity index is 2.29. The molecule has 1 unspecified atom stereocenters. The van der Waals surface area contributed by atoms with Gasteiger partial charge in [-0.3, -0.25) is 4.79 Å². The Morgan fingerprint density at radius 1 is 1.50 bits per heavy atom. The van der Waals surface area contributed by atoms with E-state index in [1.165, 1.54) is 0 Å². The summed E-state index contributed by atoms with van der Waals surface area (Å²) in [6.45, 7) is 5.45. The number of hydrogen-bond acceptors (Lipinski definition) is 3. The van der Waals surface area contributed by atoms with Crippen LogP contribution in [0.3, 0.4) is 0 Å². The van der Waals surface area contributed by atoms with Crippen LogP contribution in [0.1, 0.15) is 18.9 Å². The van der Waals surface area contributed by atoms with Crippen molar-refractivity contribution in [1.82, 2.24) is 0 Å². The van der Waals surface area contributed by atoms with Crippen molar-refractivity contribution in [2.75, 3.05) is 24.7 Å². The predicted molar refractivity (Wildman–Crippen MR) is 71.6 cm³/mol. The van der Waals surface area contributed by atoms with Crippen LogP contribution >= 0.6 is 0 Å². The van der Waals surface area contributed by atoms with E-state index in [4.69, 9.17) is 10.5 Å². The summed E-state index contributed by atoms with van der Waals surface area (Å²) < 4.78 is 5.27. The van der Waals surface area contributed by atoms with Crippen LogP contribution in [0.4, 0.5) is 5.69 Å². The van der Waals surface area contributed by atoms with E-state index < -0.39 is 5.54 Å². The van der Waals surface area contributed by atoms with Crippen molar-refractivity contribution in [3.63, 3.8) is 0 Å². The Morgan fingerprint density at radius 2 is 2.22 bits per heavy atom. The lowest BCUT2D eigenvalue weighted by Gasteiger charge is -2.30. The monoisotopic (exact) mass is 248 g/mol. The summed E-state index contributed by atoms with van der Waals surface area (Å²) in [5.41, 5.74) is 7.30. The van der Waals surface area contributed by atoms with Crippen LogP contribution in [0.2, 0.25) is 0 Å². The largest absolute Gasteiger partial charge is 0.379 e. The lowest BCUT2D eigenvalue weighted by Crippen LogP contribution is -2.56. The van der Waals surface area contributed by atoms with Crippen LogP contribution < -0.4 is 10.6 Å². The van der Waals surface area contributed by atoms with Gasteiger partial charge in [-0.2, -0.15) is 0 Å². The van der Waals surface area contributed by atoms with Gasteiger partial charge in [0.1, 0.15) is 5.54 Å². The number of nitrogens with zero attached hydrogens (tertiary/aromatic N) is 1. The maximum atomic E-state index is 12.6. The summed E-state index contributed by atoms with van der Waals surface area (Å²) in [4.78, 5) is 14.3. The Labute approximate surface area is 108 Å². The summed E-state index contributed by atoms with van der Waals surface area (Å²) in [6, 6.07) is 7.86. The zero-order chi connectivity index (χ0) is 13.2. The van der Waals surface area contributed by atoms with Gasteiger partial charge in [-0.25, -0.2) is 0 Å². The van der Waals surface area contributed by atoms with Crippen LogP contribution in [0.5, 0.6) is 0 Å². The number of amides is 1. The maximum Gasteiger partial charge on any atom is 0.249 e. The van der Waals surface area contributed by atoms with Crippen molar-refractivity contribution in [3.05, 3.63) is 29.8 Å². The Hall–Kier alpha value is -1.39. The molecule has 0 radical (unpaired) electrons. The average Bonchev–Trinajstić information content (AvgIpc) is 2.81. The molecular formula is C14H20N2O2. The second kappa shape index (κ2) is 5.08. The van der Waals surface area contributed by atoms with E-state index in [1.54, 1.807) is 4.90 Å². The van der Waals surface area contributed by atoms with Crippen LogP contribution in [-0.2, 0) is 9.53 Å². The number of carbonyl (C=O) groups excluding carboxylic acids is 1. The molecule has 1 atom stereocenters. The molecule has 2 rings (SSSR count). The fourth-order valence-electron chi connectivity index (χ4n) is 2.31. The summed E-state index contributed by atoms with van der Waals surface area (Å²) in [6.07, 6.45) is 0.591. The highest BCUT2D eigenvalue weighted by molar-refractivity contribution is 6.00. The van der Waals surface area contributed by atoms with Crippen molar-refractivity contribution >= 4 is 11.6 Å². The number of nitrogens with two attached hydrogens (primary N) is 1. The van der Waals surface area contributed by atoms with Crippen LogP contribution in [0.25, 0.3) is 0 Å². The summed E-state index contributed by atoms with van der Waals surface area (Å²) >= 11 is 0. The molecular weight excluding hydrogens is 228 g/mol. The Kier molecular flexibility index (Phi) is 3.68. The second-order valence-electron chi connectivity index (χ2n) is 4.79. The zero-order valence-electron chi connectivity index (χ0n) is 11.0. The van der Waals surface area contributed by atoms with Gasteiger partial charge in [0.15, 0.2) is 0 Å². The summed E-state index contributed by atoms with van der Waals surface area (Å²) in [5, 5.41) is 0. The first-order valence-corrected chi connectivity index (χ1v) is 6.33. The van der Waals surface area contributed by atoms with Crippen molar-refractivity contribution in [1.29, 1.82) is 0 Å². The highest BCUT2D eigenvalue weighted by Crippen LogP contribution is 2.25. The number of ether oxygens (including phenoxy) is 1. The molecule has 4 nitrogen and oxygen atoms in total. The smallest absolute Gasteiger partial charge is 0.249 e. The first-order chi connectivity index (χ1) is 8.58. The van der Waals surface area contributed by atoms with Gasteiger partial charge in [0.2, 0.25) is 5.91 Å². The average molecular weight is 248 g/mol. The van der Waals surface area contributed by atoms with Gasteiger partial charge >= 0.3 is 0 Å². The van der Waals surface area contributed by atoms with Crippen molar-refractivity contribution in [2.45, 2.75) is 25.8 Å². The third-order valence-electron chi connectivity index (χ3n) is 3.45. The van der Waals surface area contributed by atoms with Crippen LogP contribution in [0, 0.1) is 6.92 Å². The van der Waals surface area contributed by atoms with Gasteiger partial charge < -0.3 is 15.4 Å². The molecule has 0 saturated carbocycles. The van der Waals surface area contributed by atoms with Crippen molar-refractivity contribution < 1.29 is 9.53 Å². The minimum Gasteiger partial charge on any atom is -0.379 e. The molecule has 0 spiro atoms. The molecule has 1 aliphatic rings. The normalized spacial score (nSPS) is 23.1. The number of benzene rings is 1. The molecule has 0 bridgehead atoms. The maximum absolute atomic E-state index is 12.6. The molecule has 98 valence electrons. The van der Waals surface area contributed by atoms with Crippen molar-refractivity contribution in [2.24, 2.45) is 5.73 Å². The fraction of sp³-hybridized carbons (Fsp3) is 0.500. The molecule has 0 aromatic heterocycles. The number of likely N-dealkylation sites (N-methyl/N-ethyl adjacent to an activating group) is 1. The second-order valence-corrected chi connectivity index (χ2v) is 4.79. The molecule has 0 aliphatic carbocycles. The minimum atomic E-state index is -0.863. The molecule has 1 saturated heterocycles. The molecule has 18 heavy (non-hydrogen) atoms. The van der Waals surface area contributed by atoms with Gasteiger partial charge in [0.05, 0.1) is 6.61 Å². The van der Waals surface area contributed by atoms with E-state index in [0.29, 0.717) is 26.2 Å². The Morgan fingerprint density at radius 3 is 2.78 bits per heavy atom. The van der Waals surface area contributed by atoms with E-state index >= 15 is 0 Å². The molecule has 1 heterocycles. The SMILES string of the molecule is CCN(C(=O)C1(N)CCOC1)c1ccccc1C. The van der Waals surface area contributed by atoms with Crippen LogP contribution in [0.15, 0.2) is 24.3 Å². The van der Waals surface area contributed by atoms with Crippen LogP contribution in [-0.4, -0.2) is 31.2 Å². The lowest BCUT2D eigenvalue weighted by atomic mass is 9.97. The van der Waals surface area contributed by atoms with E-state index in [0.717, 1.165) is 11.3 Å². The molecule has 1 amide bonds. The highest BCUT2D eigenvalue weighted by atomic mass is 16.5. The number of hydrogen-bond donors (Lipinski definition) is 1. The third-order valence-corrected chi connectivity index (χ3v) is 3.45. The molecule has 1 aliphatic heterocycles. The molecule has 1 aromatic rings. The van der Waals surface area contributed by atoms with Gasteiger partial charge in [0.25, 0.3) is 0 Å². The quantitative estimate of drug-likeness (QED) is 0.881. The number of para-hydroxylation sites is 1. The van der Waals surface area contributed by atoms with E-state index in [2.05, 4.69) is 0 Å². The number of rotatable bonds is 3. The van der Waals surface area contributed by atoms with Gasteiger partial charge in [-0.15, -0.1) is 0 Å². The summed E-state index contributed by atoms with van der Waals surface area (Å²) in [5.74, 6) is -0.0446. The summed E-state index contributed by atoms with van der Waals surface area (Å²) in [7, 11) is 0. The standard InChI is InChI=1S/C14H20N2O2/c1-3-16(12-7-5-4-6-11(12)2)13(17)14(15)8-9-18-10-14/h4-7H,3,8-10,15H2,1-2H3. The van der Waals surface area contributed by atoms with E-state index in [1.807, 2.05) is 38.1 Å². The third kappa shape index (κ3) is 2.26. The number of carbonyl (C=O) groups is 1. The number of aryl methyl sites for hydroxylation is 1. The van der Waals surface area contributed by atoms with Gasteiger partial charge in [0, 0.05) is 18.8 Å². The first-order valence-electron chi connectivity index (χ1n) is 6.33. The highest BCUT2D eigenvalue weighted by Gasteiger charge is 2.41. The van der Waals surface area contributed by atoms with E-state index in [-0.39, 0.29) is 5.91 Å². The predicted octanol–water partition coefficient (Wildman–Crippen LogP) is 1.47. The lowest BCUT2D eigenvalue weighted by molar-refractivity contribution is -0.123. The van der Waals surface area contributed by atoms with Crippen molar-refractivity contribution in [3.8, 4) is 0 Å². The molecule has 2 N–H and O–H groups in total. The number of anilines is 1. The first kappa shape index (κ1) is 13.1. The van der Waals surface area contributed by atoms with Gasteiger partial charge in [-0.1, -0.05) is 18.2 Å². The Bertz CT molecular complexity index is 439. The topological polar surface area (TPSA) is 55.6 Å². The molecule has 1 fully saturated rings. The zero-order valence-corrected chi connectivity index (χ0v) is 11.0.